The van der Waals surface area contributed by atoms with Gasteiger partial charge in [-0.2, -0.15) is 22.5 Å². The quantitative estimate of drug-likeness (QED) is 0.717. The molecule has 0 unspecified atom stereocenters. The summed E-state index contributed by atoms with van der Waals surface area (Å²) in [6.07, 6.45) is 2.45. The van der Waals surface area contributed by atoms with Crippen LogP contribution in [0.5, 0.6) is 0 Å². The van der Waals surface area contributed by atoms with E-state index in [1.165, 1.54) is 23.2 Å². The minimum atomic E-state index is -1.51. The third kappa shape index (κ3) is 1.80. The molecule has 97 valence electrons. The second-order valence-corrected chi connectivity index (χ2v) is 9.96. The molecular weight excluding hydrogens is 244 g/mol. The Morgan fingerprint density at radius 1 is 0.789 bits per heavy atom. The zero-order valence-electron chi connectivity index (χ0n) is 11.7. The van der Waals surface area contributed by atoms with E-state index in [2.05, 4.69) is 74.5 Å². The highest BCUT2D eigenvalue weighted by Gasteiger charge is 2.29. The van der Waals surface area contributed by atoms with Gasteiger partial charge in [0, 0.05) is 0 Å². The summed E-state index contributed by atoms with van der Waals surface area (Å²) in [6.45, 7) is 4.74. The van der Waals surface area contributed by atoms with Gasteiger partial charge in [-0.3, -0.25) is 0 Å². The van der Waals surface area contributed by atoms with Gasteiger partial charge in [0.1, 0.15) is 0 Å². The van der Waals surface area contributed by atoms with E-state index in [0.717, 1.165) is 0 Å². The number of rotatable bonds is 3. The van der Waals surface area contributed by atoms with Crippen molar-refractivity contribution in [2.45, 2.75) is 25.9 Å². The normalized spacial score (nSPS) is 16.0. The van der Waals surface area contributed by atoms with Gasteiger partial charge < -0.3 is 0 Å². The molecule has 0 N–H and O–H groups in total. The van der Waals surface area contributed by atoms with Gasteiger partial charge in [0.2, 0.25) is 0 Å². The lowest BCUT2D eigenvalue weighted by molar-refractivity contribution is 1.30. The number of fused-ring (bicyclic) bond motifs is 1. The first kappa shape index (κ1) is 12.4. The summed E-state index contributed by atoms with van der Waals surface area (Å²) in [5.41, 5.74) is 2.88. The van der Waals surface area contributed by atoms with E-state index < -0.39 is 8.07 Å². The van der Waals surface area contributed by atoms with Crippen LogP contribution in [-0.2, 0) is 0 Å². The average Bonchev–Trinajstić information content (AvgIpc) is 2.83. The second-order valence-electron chi connectivity index (χ2n) is 5.30. The maximum Gasteiger partial charge on any atom is -0.0562 e. The predicted octanol–water partition coefficient (Wildman–Crippen LogP) is 4.48. The van der Waals surface area contributed by atoms with E-state index in [1.54, 1.807) is 10.4 Å². The third-order valence-electron chi connectivity index (χ3n) is 4.58. The van der Waals surface area contributed by atoms with Crippen LogP contribution in [0.4, 0.5) is 0 Å². The molecule has 1 heterocycles. The average molecular weight is 264 g/mol. The molecule has 0 bridgehead atoms. The molecule has 1 aliphatic rings. The van der Waals surface area contributed by atoms with E-state index in [0.29, 0.717) is 0 Å². The Hall–Kier alpha value is -1.60. The van der Waals surface area contributed by atoms with Gasteiger partial charge in [-0.05, 0) is 0 Å². The summed E-state index contributed by atoms with van der Waals surface area (Å²) in [6, 6.07) is 22.5. The van der Waals surface area contributed by atoms with Crippen LogP contribution < -0.4 is 5.19 Å². The van der Waals surface area contributed by atoms with Crippen molar-refractivity contribution in [1.29, 1.82) is 0 Å². The zero-order chi connectivity index (χ0) is 13.3. The number of hydrogen-bond acceptors (Lipinski definition) is 0. The Morgan fingerprint density at radius 3 is 2.11 bits per heavy atom. The van der Waals surface area contributed by atoms with Gasteiger partial charge in [-0.15, -0.1) is 0 Å². The highest BCUT2D eigenvalue weighted by molar-refractivity contribution is 7.08. The molecule has 0 fully saturated rings. The third-order valence-corrected chi connectivity index (χ3v) is 9.95. The first-order chi connectivity index (χ1) is 9.31. The Bertz CT molecular complexity index is 607. The fraction of sp³-hybridized carbons (Fsp3) is 0.222. The van der Waals surface area contributed by atoms with Crippen molar-refractivity contribution in [3.8, 4) is 0 Å². The molecule has 3 rings (SSSR count). The van der Waals surface area contributed by atoms with Gasteiger partial charge >= 0.3 is 0 Å². The summed E-state index contributed by atoms with van der Waals surface area (Å²) in [5.74, 6) is 0. The Morgan fingerprint density at radius 2 is 1.42 bits per heavy atom. The van der Waals surface area contributed by atoms with Crippen molar-refractivity contribution in [3.63, 3.8) is 0 Å². The SMILES string of the molecule is CC[Si-]1(CC)C(c2ccccc2)=Cc2ccccc21. The van der Waals surface area contributed by atoms with E-state index in [4.69, 9.17) is 0 Å². The Balaban J connectivity index is 2.21. The maximum atomic E-state index is 2.45. The van der Waals surface area contributed by atoms with Gasteiger partial charge in [-0.1, -0.05) is 93.7 Å². The predicted molar refractivity (Wildman–Crippen MR) is 87.1 cm³/mol. The van der Waals surface area contributed by atoms with E-state index in [-0.39, 0.29) is 0 Å². The smallest absolute Gasteiger partial charge is 0.0562 e. The molecule has 1 aliphatic heterocycles. The lowest BCUT2D eigenvalue weighted by Gasteiger charge is -2.42. The monoisotopic (exact) mass is 264 g/mol. The summed E-state index contributed by atoms with van der Waals surface area (Å²) in [7, 11) is -1.51. The second kappa shape index (κ2) is 4.82. The number of benzene rings is 2. The van der Waals surface area contributed by atoms with Crippen molar-refractivity contribution in [2.75, 3.05) is 0 Å². The molecule has 1 heteroatoms. The summed E-state index contributed by atoms with van der Waals surface area (Å²) >= 11 is 0. The molecule has 2 aromatic rings. The topological polar surface area (TPSA) is 0 Å². The largest absolute Gasteiger partial charge is 0.173 e. The lowest BCUT2D eigenvalue weighted by Crippen LogP contribution is -2.46. The standard InChI is InChI=1S/C18H20Si/c1-3-19(4-2)17-13-9-8-12-16(17)14-18(19)15-10-6-5-7-11-15/h5-14H,3-4H2,1-2H3/q-1. The molecule has 0 saturated carbocycles. The lowest BCUT2D eigenvalue weighted by atomic mass is 10.1. The summed E-state index contributed by atoms with van der Waals surface area (Å²) < 4.78 is 0. The van der Waals surface area contributed by atoms with Gasteiger partial charge in [0.15, 0.2) is 0 Å². The number of hydrogen-bond donors (Lipinski definition) is 0. The molecule has 19 heavy (non-hydrogen) atoms. The van der Waals surface area contributed by atoms with Gasteiger partial charge in [0.05, 0.1) is 0 Å². The van der Waals surface area contributed by atoms with Crippen molar-refractivity contribution >= 4 is 24.5 Å². The van der Waals surface area contributed by atoms with Crippen molar-refractivity contribution < 1.29 is 0 Å². The molecule has 0 saturated heterocycles. The molecule has 0 amide bonds. The highest BCUT2D eigenvalue weighted by atomic mass is 28.3. The highest BCUT2D eigenvalue weighted by Crippen LogP contribution is 2.38. The molecule has 0 atom stereocenters. The van der Waals surface area contributed by atoms with Crippen LogP contribution in [0, 0.1) is 0 Å². The molecule has 0 nitrogen and oxygen atoms in total. The van der Waals surface area contributed by atoms with Crippen LogP contribution in [0.25, 0.3) is 11.3 Å². The molecule has 2 aromatic carbocycles. The fourth-order valence-corrected chi connectivity index (χ4v) is 8.07. The van der Waals surface area contributed by atoms with Crippen molar-refractivity contribution in [1.82, 2.24) is 0 Å². The van der Waals surface area contributed by atoms with Crippen LogP contribution in [0.2, 0.25) is 12.1 Å². The van der Waals surface area contributed by atoms with Crippen molar-refractivity contribution in [2.24, 2.45) is 0 Å². The zero-order valence-corrected chi connectivity index (χ0v) is 12.7. The minimum Gasteiger partial charge on any atom is -0.173 e. The molecule has 0 spiro atoms. The van der Waals surface area contributed by atoms with E-state index >= 15 is 0 Å². The Labute approximate surface area is 116 Å². The molecule has 0 radical (unpaired) electrons. The summed E-state index contributed by atoms with van der Waals surface area (Å²) in [5, 5.41) is 3.26. The first-order valence-electron chi connectivity index (χ1n) is 7.19. The fourth-order valence-electron chi connectivity index (χ4n) is 3.49. The van der Waals surface area contributed by atoms with Crippen molar-refractivity contribution in [3.05, 3.63) is 65.7 Å². The van der Waals surface area contributed by atoms with Gasteiger partial charge in [0.25, 0.3) is 0 Å². The van der Waals surface area contributed by atoms with Crippen LogP contribution in [0.1, 0.15) is 25.0 Å². The van der Waals surface area contributed by atoms with E-state index in [1.807, 2.05) is 0 Å². The van der Waals surface area contributed by atoms with Crippen LogP contribution in [0.3, 0.4) is 0 Å². The minimum absolute atomic E-state index is 1.29. The summed E-state index contributed by atoms with van der Waals surface area (Å²) in [4.78, 5) is 0. The van der Waals surface area contributed by atoms with Crippen LogP contribution in [0.15, 0.2) is 54.6 Å². The van der Waals surface area contributed by atoms with Crippen LogP contribution in [-0.4, -0.2) is 8.07 Å². The molecule has 0 aliphatic carbocycles. The van der Waals surface area contributed by atoms with E-state index in [9.17, 15) is 0 Å². The molecular formula is C18H20Si-. The Kier molecular flexibility index (Phi) is 3.15. The molecule has 0 aromatic heterocycles. The maximum absolute atomic E-state index is 2.45. The first-order valence-corrected chi connectivity index (χ1v) is 9.60. The van der Waals surface area contributed by atoms with Crippen LogP contribution >= 0.6 is 0 Å². The van der Waals surface area contributed by atoms with Gasteiger partial charge in [-0.25, -0.2) is 0 Å².